The van der Waals surface area contributed by atoms with Crippen molar-refractivity contribution < 1.29 is 8.78 Å². The van der Waals surface area contributed by atoms with E-state index in [1.54, 1.807) is 6.92 Å². The van der Waals surface area contributed by atoms with Crippen LogP contribution >= 0.6 is 0 Å². The summed E-state index contributed by atoms with van der Waals surface area (Å²) in [4.78, 5) is 0. The van der Waals surface area contributed by atoms with Gasteiger partial charge in [-0.15, -0.1) is 0 Å². The Morgan fingerprint density at radius 3 is 2.00 bits per heavy atom. The molecule has 0 bridgehead atoms. The molecule has 9 heavy (non-hydrogen) atoms. The van der Waals surface area contributed by atoms with Crippen molar-refractivity contribution in [2.75, 3.05) is 0 Å². The summed E-state index contributed by atoms with van der Waals surface area (Å²) in [5.41, 5.74) is 0. The van der Waals surface area contributed by atoms with Crippen LogP contribution in [0.5, 0.6) is 0 Å². The van der Waals surface area contributed by atoms with Crippen LogP contribution in [0, 0.1) is 11.8 Å². The molecule has 54 valence electrons. The third kappa shape index (κ3) is 1.41. The maximum absolute atomic E-state index is 11.9. The molecular weight excluding hydrogens is 122 g/mol. The Hall–Kier alpha value is -0.140. The highest BCUT2D eigenvalue weighted by molar-refractivity contribution is 4.75. The number of alkyl halides is 2. The molecule has 2 heteroatoms. The van der Waals surface area contributed by atoms with E-state index in [1.165, 1.54) is 0 Å². The van der Waals surface area contributed by atoms with E-state index in [0.717, 1.165) is 19.3 Å². The smallest absolute Gasteiger partial charge is 0.210 e. The van der Waals surface area contributed by atoms with Gasteiger partial charge in [0, 0.05) is 5.92 Å². The standard InChI is InChI=1S/C7H12F2/c1-5(7(8)9)6-3-2-4-6/h5-7H,2-4H2,1H3. The van der Waals surface area contributed by atoms with Crippen LogP contribution in [0.3, 0.4) is 0 Å². The fraction of sp³-hybridized carbons (Fsp3) is 1.00. The van der Waals surface area contributed by atoms with Crippen molar-refractivity contribution in [1.82, 2.24) is 0 Å². The summed E-state index contributed by atoms with van der Waals surface area (Å²) in [7, 11) is 0. The molecule has 0 saturated heterocycles. The molecule has 1 unspecified atom stereocenters. The van der Waals surface area contributed by atoms with E-state index < -0.39 is 6.43 Å². The molecule has 0 aromatic rings. The second-order valence-corrected chi connectivity index (χ2v) is 2.88. The Balaban J connectivity index is 2.23. The Morgan fingerprint density at radius 1 is 1.33 bits per heavy atom. The maximum atomic E-state index is 11.9. The fourth-order valence-corrected chi connectivity index (χ4v) is 1.17. The second kappa shape index (κ2) is 2.63. The molecule has 1 atom stereocenters. The first-order valence-corrected chi connectivity index (χ1v) is 3.50. The quantitative estimate of drug-likeness (QED) is 0.544. The minimum Gasteiger partial charge on any atom is -0.210 e. The van der Waals surface area contributed by atoms with Gasteiger partial charge in [-0.2, -0.15) is 0 Å². The first-order valence-electron chi connectivity index (χ1n) is 3.50. The Kier molecular flexibility index (Phi) is 2.04. The first-order chi connectivity index (χ1) is 4.22. The van der Waals surface area contributed by atoms with Crippen molar-refractivity contribution in [3.05, 3.63) is 0 Å². The van der Waals surface area contributed by atoms with Gasteiger partial charge in [0.25, 0.3) is 0 Å². The Morgan fingerprint density at radius 2 is 1.89 bits per heavy atom. The first kappa shape index (κ1) is 6.97. The molecule has 0 aromatic heterocycles. The highest BCUT2D eigenvalue weighted by Crippen LogP contribution is 2.35. The molecule has 0 spiro atoms. The molecule has 0 N–H and O–H groups in total. The molecule has 0 nitrogen and oxygen atoms in total. The summed E-state index contributed by atoms with van der Waals surface area (Å²) in [6.45, 7) is 1.65. The van der Waals surface area contributed by atoms with E-state index in [1.807, 2.05) is 0 Å². The molecule has 0 heterocycles. The normalized spacial score (nSPS) is 24.0. The van der Waals surface area contributed by atoms with Gasteiger partial charge in [-0.05, 0) is 18.8 Å². The summed E-state index contributed by atoms with van der Waals surface area (Å²) in [5, 5.41) is 0. The zero-order valence-corrected chi connectivity index (χ0v) is 5.61. The summed E-state index contributed by atoms with van der Waals surface area (Å²) in [6, 6.07) is 0. The monoisotopic (exact) mass is 134 g/mol. The van der Waals surface area contributed by atoms with Crippen molar-refractivity contribution in [2.24, 2.45) is 11.8 Å². The summed E-state index contributed by atoms with van der Waals surface area (Å²) in [5.74, 6) is -0.0382. The van der Waals surface area contributed by atoms with Crippen LogP contribution in [-0.4, -0.2) is 6.43 Å². The molecule has 1 rings (SSSR count). The van der Waals surface area contributed by atoms with E-state index in [2.05, 4.69) is 0 Å². The highest BCUT2D eigenvalue weighted by atomic mass is 19.3. The SMILES string of the molecule is CC(C(F)F)C1CCC1. The molecule has 1 aliphatic rings. The van der Waals surface area contributed by atoms with Gasteiger partial charge in [-0.1, -0.05) is 13.3 Å². The van der Waals surface area contributed by atoms with Crippen LogP contribution in [0.2, 0.25) is 0 Å². The van der Waals surface area contributed by atoms with Crippen molar-refractivity contribution in [1.29, 1.82) is 0 Å². The lowest BCUT2D eigenvalue weighted by molar-refractivity contribution is 0.0287. The zero-order chi connectivity index (χ0) is 6.85. The largest absolute Gasteiger partial charge is 0.241 e. The maximum Gasteiger partial charge on any atom is 0.241 e. The van der Waals surface area contributed by atoms with Crippen LogP contribution in [0.25, 0.3) is 0 Å². The third-order valence-electron chi connectivity index (χ3n) is 2.29. The number of hydrogen-bond donors (Lipinski definition) is 0. The van der Waals surface area contributed by atoms with E-state index in [9.17, 15) is 8.78 Å². The molecule has 0 radical (unpaired) electrons. The van der Waals surface area contributed by atoms with Gasteiger partial charge in [0.2, 0.25) is 6.43 Å². The number of halogens is 2. The van der Waals surface area contributed by atoms with Crippen LogP contribution in [0.4, 0.5) is 8.78 Å². The fourth-order valence-electron chi connectivity index (χ4n) is 1.17. The average Bonchev–Trinajstić information content (AvgIpc) is 1.60. The van der Waals surface area contributed by atoms with E-state index in [0.29, 0.717) is 5.92 Å². The van der Waals surface area contributed by atoms with Gasteiger partial charge < -0.3 is 0 Å². The summed E-state index contributed by atoms with van der Waals surface area (Å²) < 4.78 is 23.8. The Bertz CT molecular complexity index is 86.9. The average molecular weight is 134 g/mol. The van der Waals surface area contributed by atoms with Crippen molar-refractivity contribution in [2.45, 2.75) is 32.6 Å². The highest BCUT2D eigenvalue weighted by Gasteiger charge is 2.29. The molecular formula is C7H12F2. The van der Waals surface area contributed by atoms with Crippen LogP contribution in [0.15, 0.2) is 0 Å². The molecule has 1 saturated carbocycles. The third-order valence-corrected chi connectivity index (χ3v) is 2.29. The second-order valence-electron chi connectivity index (χ2n) is 2.88. The van der Waals surface area contributed by atoms with Gasteiger partial charge in [-0.3, -0.25) is 0 Å². The van der Waals surface area contributed by atoms with Crippen LogP contribution in [0.1, 0.15) is 26.2 Å². The number of hydrogen-bond acceptors (Lipinski definition) is 0. The van der Waals surface area contributed by atoms with Crippen molar-refractivity contribution in [3.63, 3.8) is 0 Å². The minimum absolute atomic E-state index is 0.324. The van der Waals surface area contributed by atoms with Crippen LogP contribution < -0.4 is 0 Å². The van der Waals surface area contributed by atoms with Gasteiger partial charge >= 0.3 is 0 Å². The number of rotatable bonds is 2. The molecule has 1 aliphatic carbocycles. The summed E-state index contributed by atoms with van der Waals surface area (Å²) >= 11 is 0. The van der Waals surface area contributed by atoms with Gasteiger partial charge in [0.05, 0.1) is 0 Å². The van der Waals surface area contributed by atoms with Crippen molar-refractivity contribution in [3.8, 4) is 0 Å². The van der Waals surface area contributed by atoms with E-state index >= 15 is 0 Å². The van der Waals surface area contributed by atoms with Gasteiger partial charge in [0.15, 0.2) is 0 Å². The van der Waals surface area contributed by atoms with Crippen molar-refractivity contribution >= 4 is 0 Å². The molecule has 1 fully saturated rings. The predicted molar refractivity (Wildman–Crippen MR) is 32.5 cm³/mol. The lowest BCUT2D eigenvalue weighted by atomic mass is 9.77. The van der Waals surface area contributed by atoms with Gasteiger partial charge in [-0.25, -0.2) is 8.78 Å². The lowest BCUT2D eigenvalue weighted by Crippen LogP contribution is -2.24. The van der Waals surface area contributed by atoms with E-state index in [-0.39, 0.29) is 5.92 Å². The predicted octanol–water partition coefficient (Wildman–Crippen LogP) is 2.69. The molecule has 0 aromatic carbocycles. The molecule has 0 aliphatic heterocycles. The topological polar surface area (TPSA) is 0 Å². The minimum atomic E-state index is -2.10. The molecule has 0 amide bonds. The lowest BCUT2D eigenvalue weighted by Gasteiger charge is -2.30. The van der Waals surface area contributed by atoms with E-state index in [4.69, 9.17) is 0 Å². The Labute approximate surface area is 54.3 Å². The van der Waals surface area contributed by atoms with Gasteiger partial charge in [0.1, 0.15) is 0 Å². The van der Waals surface area contributed by atoms with Crippen LogP contribution in [-0.2, 0) is 0 Å². The zero-order valence-electron chi connectivity index (χ0n) is 5.61. The summed E-state index contributed by atoms with van der Waals surface area (Å²) in [6.07, 6.45) is 1.09.